The molecule has 0 radical (unpaired) electrons. The Labute approximate surface area is 274 Å². The second-order valence-electron chi connectivity index (χ2n) is 11.4. The van der Waals surface area contributed by atoms with Crippen molar-refractivity contribution in [3.63, 3.8) is 0 Å². The van der Waals surface area contributed by atoms with E-state index in [-0.39, 0.29) is 6.61 Å². The highest BCUT2D eigenvalue weighted by Crippen LogP contribution is 2.40. The van der Waals surface area contributed by atoms with E-state index < -0.39 is 0 Å². The Morgan fingerprint density at radius 2 is 1.56 bits per heavy atom. The van der Waals surface area contributed by atoms with Gasteiger partial charge in [0.15, 0.2) is 0 Å². The number of nitrogens with zero attached hydrogens (tertiary/aromatic N) is 3. The predicted molar refractivity (Wildman–Crippen MR) is 183 cm³/mol. The Bertz CT molecular complexity index is 1800. The van der Waals surface area contributed by atoms with Gasteiger partial charge in [0, 0.05) is 52.3 Å². The summed E-state index contributed by atoms with van der Waals surface area (Å²) >= 11 is 14.0. The Kier molecular flexibility index (Phi) is 9.93. The van der Waals surface area contributed by atoms with Crippen molar-refractivity contribution in [1.29, 1.82) is 0 Å². The number of hydrogen-bond donors (Lipinski definition) is 2. The Balaban J connectivity index is 1.30. The van der Waals surface area contributed by atoms with E-state index in [4.69, 9.17) is 42.9 Å². The number of aliphatic hydroxyl groups is 1. The molecular weight excluding hydrogens is 607 g/mol. The molecule has 1 aliphatic rings. The molecule has 1 fully saturated rings. The van der Waals surface area contributed by atoms with Crippen LogP contribution in [0.3, 0.4) is 0 Å². The van der Waals surface area contributed by atoms with Crippen LogP contribution >= 0.6 is 23.2 Å². The van der Waals surface area contributed by atoms with Crippen LogP contribution in [0.2, 0.25) is 10.0 Å². The largest absolute Gasteiger partial charge is 0.496 e. The van der Waals surface area contributed by atoms with Crippen LogP contribution in [0.5, 0.6) is 11.5 Å². The molecule has 7 nitrogen and oxygen atoms in total. The van der Waals surface area contributed by atoms with Gasteiger partial charge in [-0.15, -0.1) is 0 Å². The first-order chi connectivity index (χ1) is 22.0. The van der Waals surface area contributed by atoms with Crippen molar-refractivity contribution in [3.05, 3.63) is 99.7 Å². The fourth-order valence-electron chi connectivity index (χ4n) is 6.20. The van der Waals surface area contributed by atoms with Crippen molar-refractivity contribution in [2.24, 2.45) is 0 Å². The normalized spacial score (nSPS) is 13.5. The minimum atomic E-state index is 0.0863. The highest BCUT2D eigenvalue weighted by Gasteiger charge is 2.19. The Morgan fingerprint density at radius 1 is 0.822 bits per heavy atom. The fraction of sp³-hybridized carbons (Fsp3) is 0.306. The number of rotatable bonds is 12. The summed E-state index contributed by atoms with van der Waals surface area (Å²) in [5.74, 6) is 1.62. The molecule has 0 bridgehead atoms. The molecule has 0 atom stereocenters. The summed E-state index contributed by atoms with van der Waals surface area (Å²) in [6.45, 7) is 4.79. The third-order valence-corrected chi connectivity index (χ3v) is 9.30. The fourth-order valence-corrected chi connectivity index (χ4v) is 6.78. The minimum Gasteiger partial charge on any atom is -0.496 e. The monoisotopic (exact) mass is 644 g/mol. The predicted octanol–water partition coefficient (Wildman–Crippen LogP) is 7.42. The average molecular weight is 646 g/mol. The lowest BCUT2D eigenvalue weighted by atomic mass is 9.96. The molecule has 0 aliphatic carbocycles. The van der Waals surface area contributed by atoms with Crippen molar-refractivity contribution in [1.82, 2.24) is 20.0 Å². The topological polar surface area (TPSA) is 71.8 Å². The van der Waals surface area contributed by atoms with E-state index in [9.17, 15) is 0 Å². The summed E-state index contributed by atoms with van der Waals surface area (Å²) in [6.07, 6.45) is 4.38. The van der Waals surface area contributed by atoms with Gasteiger partial charge in [-0.1, -0.05) is 65.7 Å². The number of hydrogen-bond acceptors (Lipinski definition) is 6. The number of fused-ring (bicyclic) bond motifs is 1. The van der Waals surface area contributed by atoms with Crippen LogP contribution in [0.4, 0.5) is 0 Å². The zero-order valence-corrected chi connectivity index (χ0v) is 27.2. The molecule has 0 spiro atoms. The summed E-state index contributed by atoms with van der Waals surface area (Å²) < 4.78 is 13.5. The number of aliphatic hydroxyl groups excluding tert-OH is 1. The molecule has 0 unspecified atom stereocenters. The number of halogens is 2. The van der Waals surface area contributed by atoms with E-state index in [1.807, 2.05) is 59.4 Å². The van der Waals surface area contributed by atoms with Gasteiger partial charge < -0.3 is 19.9 Å². The zero-order valence-electron chi connectivity index (χ0n) is 25.7. The molecule has 234 valence electrons. The highest BCUT2D eigenvalue weighted by molar-refractivity contribution is 6.36. The maximum Gasteiger partial charge on any atom is 0.123 e. The van der Waals surface area contributed by atoms with E-state index in [0.29, 0.717) is 29.7 Å². The lowest BCUT2D eigenvalue weighted by Gasteiger charge is -2.18. The van der Waals surface area contributed by atoms with Crippen molar-refractivity contribution in [3.8, 4) is 33.8 Å². The first kappa shape index (κ1) is 31.4. The smallest absolute Gasteiger partial charge is 0.123 e. The Morgan fingerprint density at radius 3 is 2.33 bits per heavy atom. The van der Waals surface area contributed by atoms with Crippen LogP contribution in [0.15, 0.2) is 72.9 Å². The van der Waals surface area contributed by atoms with Gasteiger partial charge in [-0.25, -0.2) is 0 Å². The average Bonchev–Trinajstić information content (AvgIpc) is 3.73. The van der Waals surface area contributed by atoms with E-state index in [1.54, 1.807) is 14.2 Å². The van der Waals surface area contributed by atoms with Crippen LogP contribution in [0.25, 0.3) is 33.2 Å². The molecule has 1 saturated heterocycles. The molecular formula is C36H38Cl2N4O3. The minimum absolute atomic E-state index is 0.0863. The van der Waals surface area contributed by atoms with Crippen molar-refractivity contribution in [2.75, 3.05) is 40.5 Å². The van der Waals surface area contributed by atoms with E-state index >= 15 is 0 Å². The zero-order chi connectivity index (χ0) is 31.3. The number of likely N-dealkylation sites (tertiary alicyclic amines) is 1. The molecule has 9 heteroatoms. The SMILES string of the molecule is COc1cc(-c2cccc(-c3cccc4c3cnn4Cc3cc(OC)c(CN4CCCC4)cc3Cl)c2Cl)ccc1CNCCO. The third kappa shape index (κ3) is 6.69. The number of methoxy groups -OCH3 is 2. The summed E-state index contributed by atoms with van der Waals surface area (Å²) in [5, 5.41) is 19.5. The van der Waals surface area contributed by atoms with Gasteiger partial charge in [-0.3, -0.25) is 9.58 Å². The molecule has 45 heavy (non-hydrogen) atoms. The van der Waals surface area contributed by atoms with Crippen molar-refractivity contribution >= 4 is 34.1 Å². The van der Waals surface area contributed by atoms with Crippen molar-refractivity contribution in [2.45, 2.75) is 32.5 Å². The van der Waals surface area contributed by atoms with Gasteiger partial charge >= 0.3 is 0 Å². The van der Waals surface area contributed by atoms with Crippen LogP contribution in [-0.2, 0) is 19.6 Å². The maximum absolute atomic E-state index is 9.10. The quantitative estimate of drug-likeness (QED) is 0.138. The first-order valence-electron chi connectivity index (χ1n) is 15.3. The number of nitrogens with one attached hydrogen (secondary N) is 1. The maximum atomic E-state index is 9.10. The van der Waals surface area contributed by atoms with E-state index in [1.165, 1.54) is 12.8 Å². The summed E-state index contributed by atoms with van der Waals surface area (Å²) in [7, 11) is 3.38. The van der Waals surface area contributed by atoms with Gasteiger partial charge in [0.25, 0.3) is 0 Å². The molecule has 0 amide bonds. The highest BCUT2D eigenvalue weighted by atomic mass is 35.5. The first-order valence-corrected chi connectivity index (χ1v) is 16.1. The number of aromatic nitrogens is 2. The third-order valence-electron chi connectivity index (χ3n) is 8.54. The standard InChI is InChI=1S/C36H38Cl2N4O3/c1-44-34-18-24(11-12-25(34)20-39-13-16-43)28-7-5-9-30(36(28)38)29-8-6-10-33-31(29)21-40-42(33)23-26-19-35(45-2)27(17-32(26)37)22-41-14-3-4-15-41/h5-12,17-19,21,39,43H,3-4,13-16,20,22-23H2,1-2H3. The van der Waals surface area contributed by atoms with Gasteiger partial charge in [-0.2, -0.15) is 5.10 Å². The second kappa shape index (κ2) is 14.2. The molecule has 4 aromatic carbocycles. The lowest BCUT2D eigenvalue weighted by Crippen LogP contribution is -2.19. The summed E-state index contributed by atoms with van der Waals surface area (Å²) in [6, 6.07) is 22.5. The van der Waals surface area contributed by atoms with E-state index in [2.05, 4.69) is 28.4 Å². The summed E-state index contributed by atoms with van der Waals surface area (Å²) in [5.41, 5.74) is 7.89. The van der Waals surface area contributed by atoms with Crippen LogP contribution in [0, 0.1) is 0 Å². The molecule has 5 aromatic rings. The van der Waals surface area contributed by atoms with Crippen LogP contribution in [0.1, 0.15) is 29.5 Å². The van der Waals surface area contributed by atoms with Gasteiger partial charge in [0.1, 0.15) is 11.5 Å². The number of ether oxygens (including phenoxy) is 2. The molecule has 2 N–H and O–H groups in total. The van der Waals surface area contributed by atoms with Gasteiger partial charge in [0.05, 0.1) is 44.1 Å². The summed E-state index contributed by atoms with van der Waals surface area (Å²) in [4.78, 5) is 2.44. The van der Waals surface area contributed by atoms with Crippen molar-refractivity contribution < 1.29 is 14.6 Å². The molecule has 2 heterocycles. The second-order valence-corrected chi connectivity index (χ2v) is 12.2. The number of benzene rings is 4. The van der Waals surface area contributed by atoms with Crippen LogP contribution < -0.4 is 14.8 Å². The Hall–Kier alpha value is -3.59. The lowest BCUT2D eigenvalue weighted by molar-refractivity contribution is 0.291. The van der Waals surface area contributed by atoms with E-state index in [0.717, 1.165) is 81.0 Å². The molecule has 0 saturated carbocycles. The van der Waals surface area contributed by atoms with Gasteiger partial charge in [0.2, 0.25) is 0 Å². The van der Waals surface area contributed by atoms with Crippen LogP contribution in [-0.4, -0.2) is 60.2 Å². The molecule has 6 rings (SSSR count). The molecule has 1 aromatic heterocycles. The van der Waals surface area contributed by atoms with Gasteiger partial charge in [-0.05, 0) is 66.9 Å². The molecule has 1 aliphatic heterocycles.